The number of para-hydroxylation sites is 1. The predicted molar refractivity (Wildman–Crippen MR) is 121 cm³/mol. The molecular formula is C23H23N5OS. The van der Waals surface area contributed by atoms with Gasteiger partial charge in [-0.2, -0.15) is 0 Å². The maximum absolute atomic E-state index is 12.3. The van der Waals surface area contributed by atoms with Gasteiger partial charge in [0, 0.05) is 29.4 Å². The molecule has 0 saturated heterocycles. The quantitative estimate of drug-likeness (QED) is 0.376. The maximum atomic E-state index is 12.3. The molecule has 0 atom stereocenters. The summed E-state index contributed by atoms with van der Waals surface area (Å²) in [5, 5.41) is 5.41. The van der Waals surface area contributed by atoms with Crippen LogP contribution in [0.1, 0.15) is 37.8 Å². The molecule has 0 aliphatic heterocycles. The van der Waals surface area contributed by atoms with E-state index in [1.807, 2.05) is 36.4 Å². The summed E-state index contributed by atoms with van der Waals surface area (Å²) in [5.74, 6) is 1.45. The van der Waals surface area contributed by atoms with Crippen LogP contribution in [0.5, 0.6) is 0 Å². The zero-order valence-corrected chi connectivity index (χ0v) is 17.4. The van der Waals surface area contributed by atoms with E-state index in [0.29, 0.717) is 22.6 Å². The molecule has 0 bridgehead atoms. The van der Waals surface area contributed by atoms with E-state index in [-0.39, 0.29) is 5.56 Å². The van der Waals surface area contributed by atoms with E-state index >= 15 is 0 Å². The molecule has 1 N–H and O–H groups in total. The Balaban J connectivity index is 1.42. The lowest BCUT2D eigenvalue weighted by molar-refractivity contribution is 0.462. The Morgan fingerprint density at radius 2 is 1.83 bits per heavy atom. The molecule has 1 saturated carbocycles. The second-order valence-electron chi connectivity index (χ2n) is 7.65. The SMILES string of the molecule is O=c1cc(CSc2nc(NC3CCCCC3)c3ccccc3n2)nc2ccccn12. The highest BCUT2D eigenvalue weighted by atomic mass is 32.2. The third-order valence-electron chi connectivity index (χ3n) is 5.50. The van der Waals surface area contributed by atoms with Crippen molar-refractivity contribution in [1.29, 1.82) is 0 Å². The predicted octanol–water partition coefficient (Wildman–Crippen LogP) is 4.67. The van der Waals surface area contributed by atoms with Crippen LogP contribution < -0.4 is 10.9 Å². The normalized spacial score (nSPS) is 14.9. The van der Waals surface area contributed by atoms with Crippen LogP contribution in [0.15, 0.2) is 64.7 Å². The summed E-state index contributed by atoms with van der Waals surface area (Å²) in [6.07, 6.45) is 7.97. The first-order chi connectivity index (χ1) is 14.8. The van der Waals surface area contributed by atoms with Crippen molar-refractivity contribution in [3.8, 4) is 0 Å². The lowest BCUT2D eigenvalue weighted by atomic mass is 9.95. The zero-order chi connectivity index (χ0) is 20.3. The van der Waals surface area contributed by atoms with Crippen LogP contribution >= 0.6 is 11.8 Å². The van der Waals surface area contributed by atoms with Gasteiger partial charge < -0.3 is 5.32 Å². The largest absolute Gasteiger partial charge is 0.367 e. The van der Waals surface area contributed by atoms with Gasteiger partial charge in [-0.25, -0.2) is 15.0 Å². The van der Waals surface area contributed by atoms with Crippen LogP contribution in [0.4, 0.5) is 5.82 Å². The van der Waals surface area contributed by atoms with Crippen molar-refractivity contribution in [3.63, 3.8) is 0 Å². The third kappa shape index (κ3) is 4.03. The monoisotopic (exact) mass is 417 g/mol. The van der Waals surface area contributed by atoms with Gasteiger partial charge in [0.15, 0.2) is 5.16 Å². The lowest BCUT2D eigenvalue weighted by Crippen LogP contribution is -2.23. The van der Waals surface area contributed by atoms with E-state index in [0.717, 1.165) is 22.4 Å². The average molecular weight is 418 g/mol. The summed E-state index contributed by atoms with van der Waals surface area (Å²) < 4.78 is 1.55. The first-order valence-electron chi connectivity index (χ1n) is 10.4. The van der Waals surface area contributed by atoms with Crippen LogP contribution in [0, 0.1) is 0 Å². The number of benzene rings is 1. The second kappa shape index (κ2) is 8.44. The lowest BCUT2D eigenvalue weighted by Gasteiger charge is -2.24. The van der Waals surface area contributed by atoms with Gasteiger partial charge in [0.2, 0.25) is 0 Å². The summed E-state index contributed by atoms with van der Waals surface area (Å²) in [5.41, 5.74) is 2.24. The Morgan fingerprint density at radius 3 is 2.73 bits per heavy atom. The highest BCUT2D eigenvalue weighted by molar-refractivity contribution is 7.98. The van der Waals surface area contributed by atoms with Gasteiger partial charge >= 0.3 is 0 Å². The Bertz CT molecular complexity index is 1250. The van der Waals surface area contributed by atoms with E-state index < -0.39 is 0 Å². The number of nitrogens with zero attached hydrogens (tertiary/aromatic N) is 4. The van der Waals surface area contributed by atoms with Gasteiger partial charge in [0.25, 0.3) is 5.56 Å². The molecule has 4 aromatic rings. The average Bonchev–Trinajstić information content (AvgIpc) is 2.78. The number of thioether (sulfide) groups is 1. The molecule has 5 rings (SSSR count). The maximum Gasteiger partial charge on any atom is 0.258 e. The number of hydrogen-bond acceptors (Lipinski definition) is 6. The summed E-state index contributed by atoms with van der Waals surface area (Å²) in [6.45, 7) is 0. The highest BCUT2D eigenvalue weighted by Crippen LogP contribution is 2.28. The molecule has 1 aromatic carbocycles. The summed E-state index contributed by atoms with van der Waals surface area (Å²) in [4.78, 5) is 26.5. The summed E-state index contributed by atoms with van der Waals surface area (Å²) >= 11 is 1.51. The summed E-state index contributed by atoms with van der Waals surface area (Å²) in [6, 6.07) is 15.7. The first-order valence-corrected chi connectivity index (χ1v) is 11.4. The Labute approximate surface area is 178 Å². The molecule has 0 amide bonds. The molecular weight excluding hydrogens is 394 g/mol. The molecule has 3 heterocycles. The van der Waals surface area contributed by atoms with Gasteiger partial charge in [-0.1, -0.05) is 49.2 Å². The molecule has 1 aliphatic rings. The molecule has 152 valence electrons. The molecule has 0 unspecified atom stereocenters. The fraction of sp³-hybridized carbons (Fsp3) is 0.304. The number of hydrogen-bond donors (Lipinski definition) is 1. The van der Waals surface area contributed by atoms with E-state index in [9.17, 15) is 4.79 Å². The summed E-state index contributed by atoms with van der Waals surface area (Å²) in [7, 11) is 0. The molecule has 3 aromatic heterocycles. The Morgan fingerprint density at radius 1 is 1.00 bits per heavy atom. The zero-order valence-electron chi connectivity index (χ0n) is 16.6. The van der Waals surface area contributed by atoms with Crippen LogP contribution in [-0.2, 0) is 5.75 Å². The third-order valence-corrected chi connectivity index (χ3v) is 6.38. The van der Waals surface area contributed by atoms with Gasteiger partial charge in [0.1, 0.15) is 11.5 Å². The second-order valence-corrected chi connectivity index (χ2v) is 8.60. The molecule has 7 heteroatoms. The highest BCUT2D eigenvalue weighted by Gasteiger charge is 2.16. The number of fused-ring (bicyclic) bond motifs is 2. The minimum Gasteiger partial charge on any atom is -0.367 e. The smallest absolute Gasteiger partial charge is 0.258 e. The number of nitrogens with one attached hydrogen (secondary N) is 1. The van der Waals surface area contributed by atoms with Gasteiger partial charge in [-0.05, 0) is 37.1 Å². The van der Waals surface area contributed by atoms with Crippen LogP contribution in [0.2, 0.25) is 0 Å². The van der Waals surface area contributed by atoms with Crippen molar-refractivity contribution in [2.45, 2.75) is 49.1 Å². The van der Waals surface area contributed by atoms with Gasteiger partial charge in [-0.3, -0.25) is 9.20 Å². The number of aromatic nitrogens is 4. The molecule has 6 nitrogen and oxygen atoms in total. The van der Waals surface area contributed by atoms with Crippen molar-refractivity contribution in [3.05, 3.63) is 70.8 Å². The minimum absolute atomic E-state index is 0.0738. The standard InChI is InChI=1S/C23H23N5OS/c29-21-14-17(24-20-12-6-7-13-28(20)21)15-30-23-26-19-11-5-4-10-18(19)22(27-23)25-16-8-2-1-3-9-16/h4-7,10-14,16H,1-3,8-9,15H2,(H,25,26,27). The topological polar surface area (TPSA) is 72.2 Å². The van der Waals surface area contributed by atoms with Crippen LogP contribution in [0.3, 0.4) is 0 Å². The van der Waals surface area contributed by atoms with Crippen molar-refractivity contribution < 1.29 is 0 Å². The van der Waals surface area contributed by atoms with Gasteiger partial charge in [-0.15, -0.1) is 0 Å². The number of rotatable bonds is 5. The number of pyridine rings is 1. The Kier molecular flexibility index (Phi) is 5.36. The molecule has 30 heavy (non-hydrogen) atoms. The molecule has 0 radical (unpaired) electrons. The Hall–Kier alpha value is -2.93. The number of anilines is 1. The van der Waals surface area contributed by atoms with Crippen molar-refractivity contribution in [1.82, 2.24) is 19.4 Å². The fourth-order valence-electron chi connectivity index (χ4n) is 3.99. The van der Waals surface area contributed by atoms with Gasteiger partial charge in [0.05, 0.1) is 11.2 Å². The fourth-order valence-corrected chi connectivity index (χ4v) is 4.73. The van der Waals surface area contributed by atoms with Crippen LogP contribution in [0.25, 0.3) is 16.6 Å². The van der Waals surface area contributed by atoms with Crippen molar-refractivity contribution >= 4 is 34.1 Å². The first kappa shape index (κ1) is 19.1. The van der Waals surface area contributed by atoms with Crippen LogP contribution in [-0.4, -0.2) is 25.4 Å². The molecule has 1 aliphatic carbocycles. The van der Waals surface area contributed by atoms with E-state index in [4.69, 9.17) is 9.97 Å². The van der Waals surface area contributed by atoms with E-state index in [1.54, 1.807) is 16.7 Å². The van der Waals surface area contributed by atoms with Crippen molar-refractivity contribution in [2.24, 2.45) is 0 Å². The molecule has 0 spiro atoms. The minimum atomic E-state index is -0.0738. The van der Waals surface area contributed by atoms with E-state index in [2.05, 4.69) is 16.4 Å². The van der Waals surface area contributed by atoms with Crippen molar-refractivity contribution in [2.75, 3.05) is 5.32 Å². The molecule has 1 fully saturated rings. The van der Waals surface area contributed by atoms with E-state index in [1.165, 1.54) is 43.9 Å².